The number of nitrogens with zero attached hydrogens (tertiary/aromatic N) is 4. The number of hydrogen-bond acceptors (Lipinski definition) is 12. The van der Waals surface area contributed by atoms with Crippen LogP contribution in [0.15, 0.2) is 130 Å². The van der Waals surface area contributed by atoms with E-state index in [0.29, 0.717) is 24.7 Å². The molecule has 1 unspecified atom stereocenters. The lowest BCUT2D eigenvalue weighted by Gasteiger charge is -2.37. The second-order valence-corrected chi connectivity index (χ2v) is 19.5. The van der Waals surface area contributed by atoms with Gasteiger partial charge in [0.15, 0.2) is 21.3 Å². The van der Waals surface area contributed by atoms with Crippen LogP contribution >= 0.6 is 8.53 Å². The Morgan fingerprint density at radius 2 is 1.44 bits per heavy atom. The van der Waals surface area contributed by atoms with Crippen LogP contribution in [0, 0.1) is 18.3 Å². The molecule has 0 spiro atoms. The third-order valence-corrected chi connectivity index (χ3v) is 14.3. The molecule has 1 aliphatic heterocycles. The lowest BCUT2D eigenvalue weighted by Crippen LogP contribution is -2.43. The van der Waals surface area contributed by atoms with Crippen LogP contribution in [-0.4, -0.2) is 65.5 Å². The van der Waals surface area contributed by atoms with Crippen molar-refractivity contribution in [3.63, 3.8) is 0 Å². The highest BCUT2D eigenvalue weighted by Gasteiger charge is 2.42. The number of aromatic nitrogens is 2. The number of benzene rings is 4. The number of hydrogen-bond donors (Lipinski definition) is 0. The van der Waals surface area contributed by atoms with Crippen molar-refractivity contribution in [2.45, 2.75) is 109 Å². The third kappa shape index (κ3) is 13.0. The monoisotopic (exact) mass is 912 g/mol. The van der Waals surface area contributed by atoms with E-state index in [9.17, 15) is 23.3 Å². The summed E-state index contributed by atoms with van der Waals surface area (Å²) in [5.41, 5.74) is 1.79. The van der Waals surface area contributed by atoms with E-state index in [1.165, 1.54) is 22.9 Å². The summed E-state index contributed by atoms with van der Waals surface area (Å²) >= 11 is 0. The second-order valence-electron chi connectivity index (χ2n) is 16.0. The van der Waals surface area contributed by atoms with Crippen molar-refractivity contribution in [2.24, 2.45) is 0 Å². The fourth-order valence-electron chi connectivity index (χ4n) is 7.30. The molecule has 1 aliphatic rings. The molecule has 1 aromatic heterocycles. The molecule has 2 heterocycles. The van der Waals surface area contributed by atoms with Crippen LogP contribution in [0.4, 0.5) is 0 Å². The van der Waals surface area contributed by atoms with Gasteiger partial charge in [-0.15, -0.1) is 0 Å². The van der Waals surface area contributed by atoms with Crippen LogP contribution in [0.2, 0.25) is 0 Å². The topological polar surface area (TPSA) is 161 Å². The van der Waals surface area contributed by atoms with Crippen LogP contribution in [0.5, 0.6) is 11.5 Å². The molecule has 4 atom stereocenters. The molecule has 0 saturated carbocycles. The highest BCUT2D eigenvalue weighted by Crippen LogP contribution is 2.50. The zero-order valence-corrected chi connectivity index (χ0v) is 38.7. The van der Waals surface area contributed by atoms with Gasteiger partial charge in [0.1, 0.15) is 25.5 Å². The third-order valence-electron chi connectivity index (χ3n) is 10.5. The Hall–Kier alpha value is -5.17. The van der Waals surface area contributed by atoms with E-state index in [1.54, 1.807) is 25.1 Å². The van der Waals surface area contributed by atoms with Gasteiger partial charge in [0.05, 0.1) is 49.1 Å². The van der Waals surface area contributed by atoms with E-state index in [4.69, 9.17) is 28.0 Å². The zero-order valence-electron chi connectivity index (χ0n) is 36.9. The van der Waals surface area contributed by atoms with Crippen molar-refractivity contribution in [3.8, 4) is 17.6 Å². The number of nitriles is 1. The average Bonchev–Trinajstić information content (AvgIpc) is 3.68. The number of aryl methyl sites for hydroxylation is 1. The minimum absolute atomic E-state index is 0.0277. The molecular formula is C48H57N4O10PS. The Bertz CT molecular complexity index is 2530. The minimum Gasteiger partial charge on any atom is -0.485 e. The van der Waals surface area contributed by atoms with E-state index < -0.39 is 53.8 Å². The number of sulfone groups is 1. The molecule has 1 saturated heterocycles. The van der Waals surface area contributed by atoms with Crippen molar-refractivity contribution in [1.82, 2.24) is 13.8 Å². The average molecular weight is 913 g/mol. The first kappa shape index (κ1) is 48.3. The van der Waals surface area contributed by atoms with Crippen LogP contribution in [-0.2, 0) is 54.7 Å². The van der Waals surface area contributed by atoms with Crippen molar-refractivity contribution >= 4 is 18.4 Å². The summed E-state index contributed by atoms with van der Waals surface area (Å²) in [5, 5.41) is 9.32. The van der Waals surface area contributed by atoms with Crippen molar-refractivity contribution in [3.05, 3.63) is 158 Å². The molecule has 0 amide bonds. The largest absolute Gasteiger partial charge is 0.485 e. The first-order valence-electron chi connectivity index (χ1n) is 21.4. The molecule has 0 aliphatic carbocycles. The maximum atomic E-state index is 14.1. The van der Waals surface area contributed by atoms with Gasteiger partial charge in [-0.05, 0) is 75.6 Å². The molecule has 0 radical (unpaired) electrons. The molecule has 6 rings (SSSR count). The first-order valence-corrected chi connectivity index (χ1v) is 24.2. The second kappa shape index (κ2) is 23.1. The van der Waals surface area contributed by atoms with Crippen molar-refractivity contribution in [1.29, 1.82) is 5.26 Å². The lowest BCUT2D eigenvalue weighted by molar-refractivity contribution is -0.0650. The summed E-state index contributed by atoms with van der Waals surface area (Å²) in [5.74, 6) is 0.694. The Labute approximate surface area is 376 Å². The van der Waals surface area contributed by atoms with Gasteiger partial charge in [0, 0.05) is 36.8 Å². The van der Waals surface area contributed by atoms with E-state index in [-0.39, 0.29) is 61.7 Å². The van der Waals surface area contributed by atoms with Gasteiger partial charge in [-0.1, -0.05) is 84.9 Å². The predicted molar refractivity (Wildman–Crippen MR) is 244 cm³/mol. The molecule has 0 N–H and O–H groups in total. The van der Waals surface area contributed by atoms with E-state index in [2.05, 4.69) is 10.7 Å². The quantitative estimate of drug-likeness (QED) is 0.0458. The Balaban J connectivity index is 1.24. The van der Waals surface area contributed by atoms with E-state index >= 15 is 0 Å². The summed E-state index contributed by atoms with van der Waals surface area (Å²) in [4.78, 5) is 27.6. The molecule has 340 valence electrons. The predicted octanol–water partition coefficient (Wildman–Crippen LogP) is 8.12. The van der Waals surface area contributed by atoms with Gasteiger partial charge in [-0.2, -0.15) is 5.26 Å². The normalized spacial score (nSPS) is 16.9. The van der Waals surface area contributed by atoms with Gasteiger partial charge in [0.2, 0.25) is 0 Å². The smallest absolute Gasteiger partial charge is 0.333 e. The fraction of sp³-hybridized carbons (Fsp3) is 0.396. The number of rotatable bonds is 23. The van der Waals surface area contributed by atoms with Gasteiger partial charge in [0.25, 0.3) is 14.1 Å². The Kier molecular flexibility index (Phi) is 17.5. The molecular weight excluding hydrogens is 856 g/mol. The summed E-state index contributed by atoms with van der Waals surface area (Å²) < 4.78 is 69.3. The highest BCUT2D eigenvalue weighted by atomic mass is 32.2. The summed E-state index contributed by atoms with van der Waals surface area (Å²) in [6.07, 6.45) is -0.456. The fourth-order valence-corrected chi connectivity index (χ4v) is 10.3. The van der Waals surface area contributed by atoms with Crippen LogP contribution in [0.25, 0.3) is 0 Å². The summed E-state index contributed by atoms with van der Waals surface area (Å²) in [7, 11) is -5.51. The maximum Gasteiger partial charge on any atom is 0.333 e. The number of ether oxygens (including phenoxy) is 4. The van der Waals surface area contributed by atoms with Gasteiger partial charge in [-0.25, -0.2) is 17.9 Å². The Morgan fingerprint density at radius 3 is 2.05 bits per heavy atom. The standard InChI is InChI=1S/C48H57N4O10PS/c1-35(2)52(36(3)4)63(60-26-15-24-49)62-44-29-46(51-30-37(5)47(53)50(48(51)54)25-27-64(55,56)41-20-13-8-14-21-41)61-45(44)34-57-31-40-22-23-42(58-32-38-16-9-6-10-17-38)43(28-40)59-33-39-18-11-7-12-19-39/h6-14,16-23,28,30,35-36,44-46H,15,25-27,29,31-34H2,1-5H3/t44-,45+,46+,63?/m0/s1. The molecule has 14 nitrogen and oxygen atoms in total. The summed E-state index contributed by atoms with van der Waals surface area (Å²) in [6, 6.07) is 35.5. The summed E-state index contributed by atoms with van der Waals surface area (Å²) in [6.45, 7) is 10.5. The van der Waals surface area contributed by atoms with Crippen molar-refractivity contribution < 1.29 is 36.4 Å². The molecule has 5 aromatic rings. The van der Waals surface area contributed by atoms with Gasteiger partial charge in [-0.3, -0.25) is 13.9 Å². The van der Waals surface area contributed by atoms with Crippen LogP contribution in [0.1, 0.15) is 69.0 Å². The van der Waals surface area contributed by atoms with Gasteiger partial charge >= 0.3 is 5.69 Å². The zero-order chi connectivity index (χ0) is 45.6. The molecule has 16 heteroatoms. The minimum atomic E-state index is -3.80. The van der Waals surface area contributed by atoms with E-state index in [1.807, 2.05) is 107 Å². The molecule has 64 heavy (non-hydrogen) atoms. The molecule has 0 bridgehead atoms. The van der Waals surface area contributed by atoms with Crippen LogP contribution in [0.3, 0.4) is 0 Å². The van der Waals surface area contributed by atoms with Crippen molar-refractivity contribution in [2.75, 3.05) is 19.0 Å². The molecule has 1 fully saturated rings. The first-order chi connectivity index (χ1) is 30.8. The Morgan fingerprint density at radius 1 is 0.828 bits per heavy atom. The highest BCUT2D eigenvalue weighted by molar-refractivity contribution is 7.91. The molecule has 4 aromatic carbocycles. The van der Waals surface area contributed by atoms with Gasteiger partial charge < -0.3 is 28.0 Å². The lowest BCUT2D eigenvalue weighted by atomic mass is 10.2. The maximum absolute atomic E-state index is 14.1. The SMILES string of the molecule is Cc1cn([C@H]2C[C@H](OP(OCCC#N)N(C(C)C)C(C)C)[C@@H](COCc3ccc(OCc4ccccc4)c(OCc4ccccc4)c3)O2)c(=O)n(CCS(=O)(=O)c2ccccc2)c1=O. The van der Waals surface area contributed by atoms with E-state index in [0.717, 1.165) is 21.3 Å². The van der Waals surface area contributed by atoms with Crippen LogP contribution < -0.4 is 20.7 Å².